The summed E-state index contributed by atoms with van der Waals surface area (Å²) < 4.78 is 1.10. The highest BCUT2D eigenvalue weighted by atomic mass is 32.1. The van der Waals surface area contributed by atoms with Crippen LogP contribution < -0.4 is 4.90 Å². The number of hydrogen-bond donors (Lipinski definition) is 0. The van der Waals surface area contributed by atoms with Crippen molar-refractivity contribution in [2.75, 3.05) is 31.1 Å². The summed E-state index contributed by atoms with van der Waals surface area (Å²) >= 11 is 1.66. The Morgan fingerprint density at radius 2 is 1.71 bits per heavy atom. The summed E-state index contributed by atoms with van der Waals surface area (Å²) in [5.74, 6) is 2.16. The molecule has 0 saturated carbocycles. The number of aromatic nitrogens is 3. The van der Waals surface area contributed by atoms with E-state index in [4.69, 9.17) is 0 Å². The van der Waals surface area contributed by atoms with Crippen LogP contribution in [0.5, 0.6) is 0 Å². The number of nitrogens with zero attached hydrogens (tertiary/aromatic N) is 5. The van der Waals surface area contributed by atoms with Crippen LogP contribution in [0.2, 0.25) is 0 Å². The van der Waals surface area contributed by atoms with Crippen molar-refractivity contribution in [2.45, 2.75) is 32.1 Å². The maximum atomic E-state index is 13.3. The van der Waals surface area contributed by atoms with Gasteiger partial charge in [-0.25, -0.2) is 15.0 Å². The summed E-state index contributed by atoms with van der Waals surface area (Å²) in [6.07, 6.45) is 8.60. The van der Waals surface area contributed by atoms with Crippen LogP contribution in [0.15, 0.2) is 55.0 Å². The van der Waals surface area contributed by atoms with Crippen molar-refractivity contribution in [2.24, 2.45) is 11.8 Å². The van der Waals surface area contributed by atoms with Gasteiger partial charge in [-0.2, -0.15) is 0 Å². The van der Waals surface area contributed by atoms with Gasteiger partial charge in [0.25, 0.3) is 0 Å². The number of amides is 1. The molecule has 1 aromatic carbocycles. The minimum absolute atomic E-state index is 0.128. The van der Waals surface area contributed by atoms with Gasteiger partial charge in [-0.3, -0.25) is 4.79 Å². The molecule has 2 aliphatic heterocycles. The predicted octanol–water partition coefficient (Wildman–Crippen LogP) is 4.94. The largest absolute Gasteiger partial charge is 0.355 e. The molecule has 1 amide bonds. The van der Waals surface area contributed by atoms with E-state index in [9.17, 15) is 4.79 Å². The molecular weight excluding hydrogens is 442 g/mol. The second-order valence-electron chi connectivity index (χ2n) is 9.55. The number of likely N-dealkylation sites (tertiary alicyclic amines) is 1. The summed E-state index contributed by atoms with van der Waals surface area (Å²) in [4.78, 5) is 32.4. The molecule has 0 atom stereocenters. The number of anilines is 1. The Hall–Kier alpha value is -3.06. The summed E-state index contributed by atoms with van der Waals surface area (Å²) in [5, 5.41) is 1.09. The third kappa shape index (κ3) is 4.13. The molecule has 174 valence electrons. The van der Waals surface area contributed by atoms with Crippen molar-refractivity contribution in [3.63, 3.8) is 0 Å². The summed E-state index contributed by atoms with van der Waals surface area (Å²) in [6.45, 7) is 3.51. The molecule has 0 aliphatic carbocycles. The quantitative estimate of drug-likeness (QED) is 0.422. The van der Waals surface area contributed by atoms with E-state index in [0.717, 1.165) is 84.5 Å². The number of fused-ring (bicyclic) bond motifs is 3. The van der Waals surface area contributed by atoms with Crippen LogP contribution in [-0.4, -0.2) is 51.9 Å². The third-order valence-corrected chi connectivity index (χ3v) is 8.55. The van der Waals surface area contributed by atoms with Gasteiger partial charge < -0.3 is 9.80 Å². The first-order chi connectivity index (χ1) is 16.8. The number of hydrogen-bond acceptors (Lipinski definition) is 6. The van der Waals surface area contributed by atoms with Crippen molar-refractivity contribution in [1.29, 1.82) is 0 Å². The summed E-state index contributed by atoms with van der Waals surface area (Å²) in [7, 11) is 0. The van der Waals surface area contributed by atoms with E-state index in [2.05, 4.69) is 61.1 Å². The molecule has 6 rings (SSSR count). The molecule has 6 nitrogen and oxygen atoms in total. The van der Waals surface area contributed by atoms with E-state index in [-0.39, 0.29) is 5.92 Å². The number of carbonyl (C=O) groups is 1. The van der Waals surface area contributed by atoms with Crippen LogP contribution in [0.1, 0.15) is 31.2 Å². The van der Waals surface area contributed by atoms with Gasteiger partial charge in [0, 0.05) is 43.7 Å². The fourth-order valence-electron chi connectivity index (χ4n) is 5.53. The third-order valence-electron chi connectivity index (χ3n) is 7.45. The molecule has 0 N–H and O–H groups in total. The van der Waals surface area contributed by atoms with E-state index >= 15 is 0 Å². The first kappa shape index (κ1) is 21.5. The van der Waals surface area contributed by atoms with Gasteiger partial charge in [0.1, 0.15) is 17.0 Å². The van der Waals surface area contributed by atoms with Gasteiger partial charge in [0.2, 0.25) is 5.91 Å². The zero-order valence-electron chi connectivity index (χ0n) is 19.3. The van der Waals surface area contributed by atoms with Crippen molar-refractivity contribution in [1.82, 2.24) is 19.9 Å². The van der Waals surface area contributed by atoms with Crippen LogP contribution in [0.4, 0.5) is 5.82 Å². The van der Waals surface area contributed by atoms with E-state index in [1.54, 1.807) is 17.7 Å². The Kier molecular flexibility index (Phi) is 5.87. The lowest BCUT2D eigenvalue weighted by molar-refractivity contribution is -0.137. The molecule has 3 aromatic heterocycles. The van der Waals surface area contributed by atoms with Crippen LogP contribution in [0.3, 0.4) is 0 Å². The number of piperidine rings is 2. The standard InChI is InChI=1S/C27H29N5OS/c33-27(32-13-8-20(9-14-32)17-19-5-2-1-3-6-19)21-10-15-31(16-11-21)25-24-23(29-18-30-25)22-7-4-12-28-26(22)34-24/h1-7,12,18,20-21H,8-11,13-17H2. The Labute approximate surface area is 203 Å². The first-order valence-corrected chi connectivity index (χ1v) is 13.1. The van der Waals surface area contributed by atoms with E-state index in [1.807, 2.05) is 12.3 Å². The highest BCUT2D eigenvalue weighted by Crippen LogP contribution is 2.37. The molecule has 34 heavy (non-hydrogen) atoms. The Balaban J connectivity index is 1.07. The Bertz CT molecular complexity index is 1290. The highest BCUT2D eigenvalue weighted by Gasteiger charge is 2.32. The lowest BCUT2D eigenvalue weighted by atomic mass is 9.88. The summed E-state index contributed by atoms with van der Waals surface area (Å²) in [6, 6.07) is 14.8. The predicted molar refractivity (Wildman–Crippen MR) is 137 cm³/mol. The minimum Gasteiger partial charge on any atom is -0.355 e. The number of rotatable bonds is 4. The van der Waals surface area contributed by atoms with Crippen molar-refractivity contribution in [3.8, 4) is 0 Å². The van der Waals surface area contributed by atoms with Gasteiger partial charge >= 0.3 is 0 Å². The average Bonchev–Trinajstić information content (AvgIpc) is 3.28. The van der Waals surface area contributed by atoms with Crippen LogP contribution >= 0.6 is 11.3 Å². The molecule has 2 saturated heterocycles. The summed E-state index contributed by atoms with van der Waals surface area (Å²) in [5.41, 5.74) is 2.39. The monoisotopic (exact) mass is 471 g/mol. The zero-order valence-corrected chi connectivity index (χ0v) is 20.1. The number of thiophene rings is 1. The van der Waals surface area contributed by atoms with Crippen LogP contribution in [0.25, 0.3) is 20.4 Å². The second-order valence-corrected chi connectivity index (χ2v) is 10.6. The molecule has 5 heterocycles. The topological polar surface area (TPSA) is 62.2 Å². The molecule has 7 heteroatoms. The minimum atomic E-state index is 0.128. The van der Waals surface area contributed by atoms with Gasteiger partial charge in [-0.1, -0.05) is 30.3 Å². The maximum Gasteiger partial charge on any atom is 0.225 e. The van der Waals surface area contributed by atoms with Crippen LogP contribution in [-0.2, 0) is 11.2 Å². The number of benzene rings is 1. The maximum absolute atomic E-state index is 13.3. The molecule has 0 spiro atoms. The van der Waals surface area contributed by atoms with Gasteiger partial charge in [0.15, 0.2) is 0 Å². The van der Waals surface area contributed by atoms with E-state index in [0.29, 0.717) is 11.8 Å². The lowest BCUT2D eigenvalue weighted by Crippen LogP contribution is -2.45. The zero-order chi connectivity index (χ0) is 22.9. The highest BCUT2D eigenvalue weighted by molar-refractivity contribution is 7.25. The van der Waals surface area contributed by atoms with E-state index < -0.39 is 0 Å². The van der Waals surface area contributed by atoms with Gasteiger partial charge in [-0.05, 0) is 55.7 Å². The van der Waals surface area contributed by atoms with Crippen molar-refractivity contribution in [3.05, 3.63) is 60.6 Å². The molecular formula is C27H29N5OS. The fraction of sp³-hybridized carbons (Fsp3) is 0.407. The number of carbonyl (C=O) groups excluding carboxylic acids is 1. The molecule has 0 bridgehead atoms. The van der Waals surface area contributed by atoms with Crippen molar-refractivity contribution >= 4 is 43.5 Å². The van der Waals surface area contributed by atoms with Crippen LogP contribution in [0, 0.1) is 11.8 Å². The lowest BCUT2D eigenvalue weighted by Gasteiger charge is -2.37. The first-order valence-electron chi connectivity index (χ1n) is 12.3. The Morgan fingerprint density at radius 1 is 0.912 bits per heavy atom. The van der Waals surface area contributed by atoms with Crippen molar-refractivity contribution < 1.29 is 4.79 Å². The van der Waals surface area contributed by atoms with Gasteiger partial charge in [-0.15, -0.1) is 11.3 Å². The average molecular weight is 472 g/mol. The van der Waals surface area contributed by atoms with E-state index in [1.165, 1.54) is 5.56 Å². The number of pyridine rings is 1. The van der Waals surface area contributed by atoms with Gasteiger partial charge in [0.05, 0.1) is 10.2 Å². The molecule has 4 aromatic rings. The molecule has 2 fully saturated rings. The second kappa shape index (κ2) is 9.29. The normalized spacial score (nSPS) is 18.1. The SMILES string of the molecule is O=C(C1CCN(c2ncnc3c2sc2ncccc23)CC1)N1CCC(Cc2ccccc2)CC1. The fourth-order valence-corrected chi connectivity index (χ4v) is 6.64. The smallest absolute Gasteiger partial charge is 0.225 e. The molecule has 0 unspecified atom stereocenters. The molecule has 2 aliphatic rings. The Morgan fingerprint density at radius 3 is 2.50 bits per heavy atom. The molecule has 0 radical (unpaired) electrons.